The average Bonchev–Trinajstić information content (AvgIpc) is 3.75. The topological polar surface area (TPSA) is 52.2 Å². The minimum absolute atomic E-state index is 0.282. The van der Waals surface area contributed by atoms with Crippen molar-refractivity contribution in [1.82, 2.24) is 14.9 Å². The van der Waals surface area contributed by atoms with Crippen LogP contribution < -0.4 is 4.90 Å². The predicted octanol–water partition coefficient (Wildman–Crippen LogP) is 8.53. The summed E-state index contributed by atoms with van der Waals surface area (Å²) in [7, 11) is 0. The fourth-order valence-corrected chi connectivity index (χ4v) is 7.84. The molecule has 2 fully saturated rings. The molecule has 3 aromatic carbocycles. The highest BCUT2D eigenvalue weighted by atomic mass is 16.2. The first-order valence-electron chi connectivity index (χ1n) is 16.5. The second kappa shape index (κ2) is 11.8. The molecule has 1 amide bonds. The van der Waals surface area contributed by atoms with Gasteiger partial charge < -0.3 is 14.8 Å². The van der Waals surface area contributed by atoms with Gasteiger partial charge in [-0.1, -0.05) is 53.6 Å². The van der Waals surface area contributed by atoms with E-state index in [9.17, 15) is 4.79 Å². The summed E-state index contributed by atoms with van der Waals surface area (Å²) in [5, 5.41) is 1.21. The first-order valence-corrected chi connectivity index (χ1v) is 16.5. The molecule has 230 valence electrons. The number of anilines is 1. The fourth-order valence-electron chi connectivity index (χ4n) is 7.84. The number of pyridine rings is 1. The van der Waals surface area contributed by atoms with Gasteiger partial charge in [-0.15, -0.1) is 0 Å². The van der Waals surface area contributed by atoms with Crippen molar-refractivity contribution in [2.45, 2.75) is 83.8 Å². The summed E-state index contributed by atoms with van der Waals surface area (Å²) in [6, 6.07) is 29.1. The molecule has 0 atom stereocenters. The molecule has 7 rings (SSSR count). The van der Waals surface area contributed by atoms with Crippen molar-refractivity contribution in [2.75, 3.05) is 11.4 Å². The number of aromatic nitrogens is 2. The lowest BCUT2D eigenvalue weighted by molar-refractivity contribution is -0.137. The molecular weight excluding hydrogens is 552 g/mol. The summed E-state index contributed by atoms with van der Waals surface area (Å²) in [6.07, 6.45) is 9.26. The number of hydrogen-bond acceptors (Lipinski definition) is 3. The van der Waals surface area contributed by atoms with Crippen LogP contribution in [0.2, 0.25) is 0 Å². The third-order valence-corrected chi connectivity index (χ3v) is 10.2. The molecule has 0 spiro atoms. The Morgan fingerprint density at radius 1 is 0.911 bits per heavy atom. The number of carbonyl (C=O) groups excluding carboxylic acids is 1. The zero-order valence-corrected chi connectivity index (χ0v) is 27.0. The van der Waals surface area contributed by atoms with E-state index in [2.05, 4.69) is 120 Å². The molecule has 5 heteroatoms. The highest BCUT2D eigenvalue weighted by Gasteiger charge is 2.47. The number of H-pyrrole nitrogens is 1. The van der Waals surface area contributed by atoms with Crippen LogP contribution in [-0.4, -0.2) is 39.4 Å². The van der Waals surface area contributed by atoms with Gasteiger partial charge in [0.1, 0.15) is 0 Å². The number of aromatic amines is 1. The number of carbonyl (C=O) groups is 1. The maximum absolute atomic E-state index is 14.1. The van der Waals surface area contributed by atoms with Crippen molar-refractivity contribution in [3.63, 3.8) is 0 Å². The van der Waals surface area contributed by atoms with Gasteiger partial charge >= 0.3 is 0 Å². The van der Waals surface area contributed by atoms with Crippen LogP contribution in [0.25, 0.3) is 22.2 Å². The third-order valence-electron chi connectivity index (χ3n) is 10.2. The SMILES string of the molecule is Cc1cc(C)cc(-c2[nH]c3ccc(C(C)(C)C(=O)N4C5CCC4CC5)cc3c2CCN(Cc2ccccc2)c2cccnc2)c1. The summed E-state index contributed by atoms with van der Waals surface area (Å²) in [4.78, 5) is 27.0. The van der Waals surface area contributed by atoms with Gasteiger partial charge in [0.25, 0.3) is 0 Å². The highest BCUT2D eigenvalue weighted by molar-refractivity contribution is 5.94. The molecular formula is C40H44N4O. The predicted molar refractivity (Wildman–Crippen MR) is 185 cm³/mol. The van der Waals surface area contributed by atoms with Gasteiger partial charge in [0.15, 0.2) is 0 Å². The monoisotopic (exact) mass is 596 g/mol. The van der Waals surface area contributed by atoms with E-state index >= 15 is 0 Å². The Morgan fingerprint density at radius 2 is 1.62 bits per heavy atom. The van der Waals surface area contributed by atoms with Crippen molar-refractivity contribution >= 4 is 22.5 Å². The van der Waals surface area contributed by atoms with Crippen molar-refractivity contribution in [3.8, 4) is 11.3 Å². The molecule has 2 saturated heterocycles. The molecule has 0 unspecified atom stereocenters. The van der Waals surface area contributed by atoms with Gasteiger partial charge in [0.2, 0.25) is 5.91 Å². The van der Waals surface area contributed by atoms with E-state index in [1.165, 1.54) is 38.9 Å². The van der Waals surface area contributed by atoms with Crippen molar-refractivity contribution in [1.29, 1.82) is 0 Å². The van der Waals surface area contributed by atoms with Gasteiger partial charge in [-0.05, 0) is 118 Å². The Hall–Kier alpha value is -4.38. The number of amides is 1. The van der Waals surface area contributed by atoms with Crippen molar-refractivity contribution in [3.05, 3.63) is 119 Å². The number of aryl methyl sites for hydroxylation is 2. The molecule has 45 heavy (non-hydrogen) atoms. The quantitative estimate of drug-likeness (QED) is 0.186. The minimum Gasteiger partial charge on any atom is -0.366 e. The number of nitrogens with one attached hydrogen (secondary N) is 1. The Morgan fingerprint density at radius 3 is 2.29 bits per heavy atom. The van der Waals surface area contributed by atoms with Crippen LogP contribution in [-0.2, 0) is 23.2 Å². The van der Waals surface area contributed by atoms with Gasteiger partial charge in [0.05, 0.1) is 17.3 Å². The molecule has 5 nitrogen and oxygen atoms in total. The zero-order chi connectivity index (χ0) is 31.1. The number of benzene rings is 3. The van der Waals surface area contributed by atoms with Crippen LogP contribution in [0.3, 0.4) is 0 Å². The average molecular weight is 597 g/mol. The lowest BCUT2D eigenvalue weighted by atomic mass is 9.82. The molecule has 2 aliphatic rings. The fraction of sp³-hybridized carbons (Fsp3) is 0.350. The molecule has 0 saturated carbocycles. The standard InChI is InChI=1S/C40H44N4O/c1-27-21-28(2)23-30(22-27)38-35(18-20-43(34-11-8-19-41-25-34)26-29-9-6-5-7-10-29)36-24-31(12-17-37(36)42-38)40(3,4)39(45)44-32-13-14-33(44)16-15-32/h5-12,17,19,21-25,32-33,42H,13-16,18,20,26H2,1-4H3. The van der Waals surface area contributed by atoms with Crippen LogP contribution in [0, 0.1) is 13.8 Å². The highest BCUT2D eigenvalue weighted by Crippen LogP contribution is 2.42. The van der Waals surface area contributed by atoms with Crippen LogP contribution >= 0.6 is 0 Å². The van der Waals surface area contributed by atoms with E-state index in [4.69, 9.17) is 0 Å². The molecule has 2 bridgehead atoms. The smallest absolute Gasteiger partial charge is 0.233 e. The summed E-state index contributed by atoms with van der Waals surface area (Å²) in [5.74, 6) is 0.282. The molecule has 5 aromatic rings. The third kappa shape index (κ3) is 5.65. The summed E-state index contributed by atoms with van der Waals surface area (Å²) in [6.45, 7) is 10.2. The Bertz CT molecular complexity index is 1780. The second-order valence-electron chi connectivity index (χ2n) is 13.8. The summed E-state index contributed by atoms with van der Waals surface area (Å²) < 4.78 is 0. The lowest BCUT2D eigenvalue weighted by Gasteiger charge is -2.33. The molecule has 4 heterocycles. The van der Waals surface area contributed by atoms with E-state index in [1.807, 2.05) is 18.5 Å². The van der Waals surface area contributed by atoms with E-state index in [0.717, 1.165) is 62.0 Å². The van der Waals surface area contributed by atoms with Crippen molar-refractivity contribution < 1.29 is 4.79 Å². The molecule has 0 aliphatic carbocycles. The molecule has 2 aromatic heterocycles. The minimum atomic E-state index is -0.594. The normalized spacial score (nSPS) is 17.7. The van der Waals surface area contributed by atoms with Gasteiger partial charge in [-0.2, -0.15) is 0 Å². The molecule has 1 N–H and O–H groups in total. The Kier molecular flexibility index (Phi) is 7.72. The molecule has 0 radical (unpaired) electrons. The first kappa shape index (κ1) is 29.3. The van der Waals surface area contributed by atoms with Gasteiger partial charge in [-0.3, -0.25) is 9.78 Å². The van der Waals surface area contributed by atoms with Crippen molar-refractivity contribution in [2.24, 2.45) is 0 Å². The number of fused-ring (bicyclic) bond motifs is 3. The summed E-state index contributed by atoms with van der Waals surface area (Å²) in [5.41, 5.74) is 10.2. The number of hydrogen-bond donors (Lipinski definition) is 1. The second-order valence-corrected chi connectivity index (χ2v) is 13.8. The van der Waals surface area contributed by atoms with Crippen LogP contribution in [0.1, 0.15) is 67.3 Å². The van der Waals surface area contributed by atoms with Crippen LogP contribution in [0.15, 0.2) is 91.3 Å². The molecule has 2 aliphatic heterocycles. The van der Waals surface area contributed by atoms with E-state index in [0.29, 0.717) is 12.1 Å². The van der Waals surface area contributed by atoms with Gasteiger partial charge in [-0.25, -0.2) is 0 Å². The van der Waals surface area contributed by atoms with Crippen LogP contribution in [0.4, 0.5) is 5.69 Å². The largest absolute Gasteiger partial charge is 0.366 e. The van der Waals surface area contributed by atoms with Crippen LogP contribution in [0.5, 0.6) is 0 Å². The maximum atomic E-state index is 14.1. The van der Waals surface area contributed by atoms with E-state index in [1.54, 1.807) is 0 Å². The Balaban J connectivity index is 1.29. The first-order chi connectivity index (χ1) is 21.8. The van der Waals surface area contributed by atoms with Gasteiger partial charge in [0, 0.05) is 48.0 Å². The van der Waals surface area contributed by atoms with E-state index < -0.39 is 5.41 Å². The number of nitrogens with zero attached hydrogens (tertiary/aromatic N) is 3. The summed E-state index contributed by atoms with van der Waals surface area (Å²) >= 11 is 0. The number of rotatable bonds is 9. The lowest BCUT2D eigenvalue weighted by Crippen LogP contribution is -2.45. The Labute approximate surface area is 267 Å². The maximum Gasteiger partial charge on any atom is 0.233 e. The van der Waals surface area contributed by atoms with E-state index in [-0.39, 0.29) is 5.91 Å². The zero-order valence-electron chi connectivity index (χ0n) is 27.0.